The Balaban J connectivity index is 2.62. The molecule has 2 nitrogen and oxygen atoms in total. The second-order valence-electron chi connectivity index (χ2n) is 4.14. The highest BCUT2D eigenvalue weighted by molar-refractivity contribution is 9.10. The molecule has 1 fully saturated rings. The first kappa shape index (κ1) is 11.5. The van der Waals surface area contributed by atoms with Crippen molar-refractivity contribution in [1.82, 2.24) is 0 Å². The van der Waals surface area contributed by atoms with Crippen LogP contribution in [0.5, 0.6) is 0 Å². The minimum Gasteiger partial charge on any atom is -0.211 e. The van der Waals surface area contributed by atoms with Crippen LogP contribution >= 0.6 is 15.9 Å². The fourth-order valence-electron chi connectivity index (χ4n) is 2.10. The number of benzene rings is 1. The molecule has 0 heterocycles. The molecule has 0 saturated heterocycles. The second-order valence-corrected chi connectivity index (χ2v) is 5.00. The SMILES string of the molecule is Cc1ccc(Br)c(C2(N=C=O)CCC2)c1F. The lowest BCUT2D eigenvalue weighted by Gasteiger charge is -2.38. The van der Waals surface area contributed by atoms with Crippen LogP contribution in [-0.2, 0) is 10.3 Å². The molecule has 0 aromatic heterocycles. The number of rotatable bonds is 2. The molecular formula is C12H11BrFNO. The maximum Gasteiger partial charge on any atom is 0.235 e. The Morgan fingerprint density at radius 2 is 2.19 bits per heavy atom. The fourth-order valence-corrected chi connectivity index (χ4v) is 2.78. The van der Waals surface area contributed by atoms with Crippen molar-refractivity contribution in [2.24, 2.45) is 4.99 Å². The van der Waals surface area contributed by atoms with Crippen molar-refractivity contribution >= 4 is 22.0 Å². The van der Waals surface area contributed by atoms with E-state index < -0.39 is 5.54 Å². The molecular weight excluding hydrogens is 273 g/mol. The number of aliphatic imine (C=N–C) groups is 1. The molecule has 1 aliphatic carbocycles. The normalized spacial score (nSPS) is 17.4. The van der Waals surface area contributed by atoms with Crippen molar-refractivity contribution in [3.63, 3.8) is 0 Å². The van der Waals surface area contributed by atoms with Crippen LogP contribution in [0.15, 0.2) is 21.6 Å². The lowest BCUT2D eigenvalue weighted by Crippen LogP contribution is -2.33. The van der Waals surface area contributed by atoms with E-state index in [-0.39, 0.29) is 5.82 Å². The first-order valence-electron chi connectivity index (χ1n) is 5.15. The van der Waals surface area contributed by atoms with Crippen molar-refractivity contribution in [3.8, 4) is 0 Å². The van der Waals surface area contributed by atoms with Gasteiger partial charge in [-0.1, -0.05) is 22.0 Å². The van der Waals surface area contributed by atoms with Crippen LogP contribution in [0.2, 0.25) is 0 Å². The van der Waals surface area contributed by atoms with E-state index in [4.69, 9.17) is 0 Å². The van der Waals surface area contributed by atoms with Gasteiger partial charge in [0.05, 0.1) is 0 Å². The monoisotopic (exact) mass is 283 g/mol. The van der Waals surface area contributed by atoms with Crippen LogP contribution in [-0.4, -0.2) is 6.08 Å². The van der Waals surface area contributed by atoms with Crippen molar-refractivity contribution in [3.05, 3.63) is 33.5 Å². The Kier molecular flexibility index (Phi) is 2.96. The summed E-state index contributed by atoms with van der Waals surface area (Å²) in [4.78, 5) is 14.3. The van der Waals surface area contributed by atoms with Gasteiger partial charge in [0.25, 0.3) is 0 Å². The van der Waals surface area contributed by atoms with Gasteiger partial charge in [-0.2, -0.15) is 4.99 Å². The highest BCUT2D eigenvalue weighted by Gasteiger charge is 2.42. The van der Waals surface area contributed by atoms with Gasteiger partial charge in [-0.15, -0.1) is 0 Å². The number of aryl methyl sites for hydroxylation is 1. The van der Waals surface area contributed by atoms with Crippen LogP contribution in [0.25, 0.3) is 0 Å². The summed E-state index contributed by atoms with van der Waals surface area (Å²) in [5.41, 5.74) is 0.393. The summed E-state index contributed by atoms with van der Waals surface area (Å²) in [6.45, 7) is 1.71. The third kappa shape index (κ3) is 1.62. The van der Waals surface area contributed by atoms with Crippen LogP contribution < -0.4 is 0 Å². The quantitative estimate of drug-likeness (QED) is 0.602. The number of nitrogens with zero attached hydrogens (tertiary/aromatic N) is 1. The van der Waals surface area contributed by atoms with E-state index in [2.05, 4.69) is 20.9 Å². The van der Waals surface area contributed by atoms with Crippen LogP contribution in [0.3, 0.4) is 0 Å². The van der Waals surface area contributed by atoms with E-state index in [1.165, 1.54) is 0 Å². The molecule has 0 amide bonds. The number of halogens is 2. The number of isocyanates is 1. The van der Waals surface area contributed by atoms with Crippen LogP contribution in [0.4, 0.5) is 4.39 Å². The second kappa shape index (κ2) is 4.11. The van der Waals surface area contributed by atoms with Gasteiger partial charge in [-0.3, -0.25) is 0 Å². The zero-order chi connectivity index (χ0) is 11.8. The Hall–Kier alpha value is -0.990. The van der Waals surface area contributed by atoms with E-state index in [9.17, 15) is 9.18 Å². The average Bonchev–Trinajstić information content (AvgIpc) is 2.20. The molecule has 1 aromatic rings. The molecule has 4 heteroatoms. The molecule has 0 radical (unpaired) electrons. The first-order chi connectivity index (χ1) is 7.60. The zero-order valence-electron chi connectivity index (χ0n) is 8.89. The Bertz CT molecular complexity index is 476. The molecule has 1 aliphatic rings. The summed E-state index contributed by atoms with van der Waals surface area (Å²) >= 11 is 3.33. The molecule has 0 bridgehead atoms. The molecule has 1 saturated carbocycles. The number of carbonyl (C=O) groups excluding carboxylic acids is 1. The fraction of sp³-hybridized carbons (Fsp3) is 0.417. The maximum absolute atomic E-state index is 14.1. The molecule has 0 N–H and O–H groups in total. The first-order valence-corrected chi connectivity index (χ1v) is 5.94. The van der Waals surface area contributed by atoms with Crippen LogP contribution in [0.1, 0.15) is 30.4 Å². The minimum absolute atomic E-state index is 0.270. The van der Waals surface area contributed by atoms with Gasteiger partial charge in [0.1, 0.15) is 11.4 Å². The van der Waals surface area contributed by atoms with Crippen molar-refractivity contribution < 1.29 is 9.18 Å². The van der Waals surface area contributed by atoms with Gasteiger partial charge in [-0.25, -0.2) is 9.18 Å². The molecule has 0 aliphatic heterocycles. The Morgan fingerprint density at radius 1 is 1.50 bits per heavy atom. The summed E-state index contributed by atoms with van der Waals surface area (Å²) in [7, 11) is 0. The largest absolute Gasteiger partial charge is 0.235 e. The predicted octanol–water partition coefficient (Wildman–Crippen LogP) is 3.61. The molecule has 84 valence electrons. The van der Waals surface area contributed by atoms with Gasteiger partial charge < -0.3 is 0 Å². The zero-order valence-corrected chi connectivity index (χ0v) is 10.5. The predicted molar refractivity (Wildman–Crippen MR) is 62.5 cm³/mol. The van der Waals surface area contributed by atoms with E-state index in [1.54, 1.807) is 25.1 Å². The number of hydrogen-bond acceptors (Lipinski definition) is 2. The van der Waals surface area contributed by atoms with E-state index >= 15 is 0 Å². The van der Waals surface area contributed by atoms with Gasteiger partial charge in [0.15, 0.2) is 0 Å². The molecule has 16 heavy (non-hydrogen) atoms. The lowest BCUT2D eigenvalue weighted by atomic mass is 9.72. The molecule has 0 unspecified atom stereocenters. The van der Waals surface area contributed by atoms with Gasteiger partial charge in [0.2, 0.25) is 6.08 Å². The van der Waals surface area contributed by atoms with E-state index in [0.29, 0.717) is 28.4 Å². The van der Waals surface area contributed by atoms with Crippen molar-refractivity contribution in [2.45, 2.75) is 31.7 Å². The lowest BCUT2D eigenvalue weighted by molar-refractivity contribution is 0.246. The van der Waals surface area contributed by atoms with Gasteiger partial charge in [-0.05, 0) is 37.8 Å². The molecule has 0 spiro atoms. The highest BCUT2D eigenvalue weighted by atomic mass is 79.9. The summed E-state index contributed by atoms with van der Waals surface area (Å²) < 4.78 is 14.8. The average molecular weight is 284 g/mol. The smallest absolute Gasteiger partial charge is 0.211 e. The van der Waals surface area contributed by atoms with Crippen molar-refractivity contribution in [2.75, 3.05) is 0 Å². The van der Waals surface area contributed by atoms with Crippen molar-refractivity contribution in [1.29, 1.82) is 0 Å². The summed E-state index contributed by atoms with van der Waals surface area (Å²) in [5.74, 6) is -0.270. The Labute approximate surface area is 102 Å². The summed E-state index contributed by atoms with van der Waals surface area (Å²) in [5, 5.41) is 0. The van der Waals surface area contributed by atoms with Gasteiger partial charge in [0, 0.05) is 10.0 Å². The summed E-state index contributed by atoms with van der Waals surface area (Å²) in [6.07, 6.45) is 3.95. The minimum atomic E-state index is -0.684. The van der Waals surface area contributed by atoms with Crippen LogP contribution in [0, 0.1) is 12.7 Å². The topological polar surface area (TPSA) is 29.4 Å². The molecule has 0 atom stereocenters. The molecule has 1 aromatic carbocycles. The maximum atomic E-state index is 14.1. The van der Waals surface area contributed by atoms with Gasteiger partial charge >= 0.3 is 0 Å². The molecule has 2 rings (SSSR count). The van der Waals surface area contributed by atoms with E-state index in [1.807, 2.05) is 0 Å². The standard InChI is InChI=1S/C12H11BrFNO/c1-8-3-4-9(13)10(11(8)14)12(15-7-16)5-2-6-12/h3-4H,2,5-6H2,1H3. The highest BCUT2D eigenvalue weighted by Crippen LogP contribution is 2.48. The Morgan fingerprint density at radius 3 is 2.69 bits per heavy atom. The third-order valence-corrected chi connectivity index (χ3v) is 3.85. The third-order valence-electron chi connectivity index (χ3n) is 3.19. The number of hydrogen-bond donors (Lipinski definition) is 0. The summed E-state index contributed by atoms with van der Waals surface area (Å²) in [6, 6.07) is 3.51. The van der Waals surface area contributed by atoms with E-state index in [0.717, 1.165) is 6.42 Å².